The van der Waals surface area contributed by atoms with E-state index < -0.39 is 11.2 Å². The number of carboxylic acid groups (broad SMARTS) is 1. The minimum atomic E-state index is -0.820. The van der Waals surface area contributed by atoms with Crippen LogP contribution in [0.1, 0.15) is 33.6 Å². The summed E-state index contributed by atoms with van der Waals surface area (Å²) in [5.41, 5.74) is -0.172. The van der Waals surface area contributed by atoms with Crippen molar-refractivity contribution in [1.82, 2.24) is 0 Å². The maximum Gasteiger partial charge on any atom is 0.316 e. The van der Waals surface area contributed by atoms with Crippen molar-refractivity contribution in [2.45, 2.75) is 38.9 Å². The third-order valence-corrected chi connectivity index (χ3v) is 3.35. The van der Waals surface area contributed by atoms with Crippen LogP contribution in [0.2, 0.25) is 0 Å². The highest BCUT2D eigenvalue weighted by Gasteiger charge is 2.33. The SMILES string of the molecule is CCC(C)(CC)C(S)C(=O)O. The summed E-state index contributed by atoms with van der Waals surface area (Å²) < 4.78 is 0. The van der Waals surface area contributed by atoms with Crippen molar-refractivity contribution in [3.8, 4) is 0 Å². The van der Waals surface area contributed by atoms with Gasteiger partial charge < -0.3 is 5.11 Å². The van der Waals surface area contributed by atoms with Crippen LogP contribution in [0.25, 0.3) is 0 Å². The fourth-order valence-corrected chi connectivity index (χ4v) is 1.30. The molecule has 3 heteroatoms. The lowest BCUT2D eigenvalue weighted by molar-refractivity contribution is -0.138. The van der Waals surface area contributed by atoms with Crippen molar-refractivity contribution >= 4 is 18.6 Å². The number of rotatable bonds is 4. The van der Waals surface area contributed by atoms with Gasteiger partial charge >= 0.3 is 5.97 Å². The monoisotopic (exact) mass is 176 g/mol. The molecule has 66 valence electrons. The highest BCUT2D eigenvalue weighted by Crippen LogP contribution is 2.33. The minimum Gasteiger partial charge on any atom is -0.480 e. The van der Waals surface area contributed by atoms with Gasteiger partial charge in [0.2, 0.25) is 0 Å². The van der Waals surface area contributed by atoms with E-state index in [0.29, 0.717) is 0 Å². The summed E-state index contributed by atoms with van der Waals surface area (Å²) in [5, 5.41) is 8.16. The number of carbonyl (C=O) groups is 1. The van der Waals surface area contributed by atoms with Gasteiger partial charge in [0.25, 0.3) is 0 Å². The number of carboxylic acids is 1. The fourth-order valence-electron chi connectivity index (χ4n) is 0.935. The Bertz CT molecular complexity index is 141. The molecule has 0 saturated carbocycles. The average molecular weight is 176 g/mol. The molecule has 2 nitrogen and oxygen atoms in total. The lowest BCUT2D eigenvalue weighted by Crippen LogP contribution is -2.33. The summed E-state index contributed by atoms with van der Waals surface area (Å²) in [5.74, 6) is -0.820. The van der Waals surface area contributed by atoms with E-state index in [1.165, 1.54) is 0 Å². The Balaban J connectivity index is 4.36. The van der Waals surface area contributed by atoms with Gasteiger partial charge in [0.1, 0.15) is 5.25 Å². The number of hydrogen-bond donors (Lipinski definition) is 2. The lowest BCUT2D eigenvalue weighted by atomic mass is 9.81. The smallest absolute Gasteiger partial charge is 0.316 e. The van der Waals surface area contributed by atoms with Crippen molar-refractivity contribution in [2.75, 3.05) is 0 Å². The predicted octanol–water partition coefficient (Wildman–Crippen LogP) is 2.20. The zero-order valence-corrected chi connectivity index (χ0v) is 8.19. The summed E-state index contributed by atoms with van der Waals surface area (Å²) in [7, 11) is 0. The van der Waals surface area contributed by atoms with Crippen LogP contribution in [-0.2, 0) is 4.79 Å². The second-order valence-corrected chi connectivity index (χ2v) is 3.62. The molecule has 1 unspecified atom stereocenters. The minimum absolute atomic E-state index is 0.172. The van der Waals surface area contributed by atoms with Crippen LogP contribution in [0.3, 0.4) is 0 Å². The second-order valence-electron chi connectivity index (χ2n) is 3.10. The molecule has 0 aromatic heterocycles. The highest BCUT2D eigenvalue weighted by atomic mass is 32.1. The Morgan fingerprint density at radius 3 is 2.00 bits per heavy atom. The van der Waals surface area contributed by atoms with Gasteiger partial charge in [-0.1, -0.05) is 20.8 Å². The average Bonchev–Trinajstić information content (AvgIpc) is 2.01. The molecule has 0 rings (SSSR count). The topological polar surface area (TPSA) is 37.3 Å². The molecule has 0 amide bonds. The first kappa shape index (κ1) is 10.8. The summed E-state index contributed by atoms with van der Waals surface area (Å²) in [6, 6.07) is 0. The van der Waals surface area contributed by atoms with Crippen LogP contribution < -0.4 is 0 Å². The predicted molar refractivity (Wildman–Crippen MR) is 49.1 cm³/mol. The maximum absolute atomic E-state index is 10.6. The molecule has 0 fully saturated rings. The summed E-state index contributed by atoms with van der Waals surface area (Å²) >= 11 is 4.07. The molecular formula is C8H16O2S. The zero-order valence-electron chi connectivity index (χ0n) is 7.29. The first-order valence-corrected chi connectivity index (χ1v) is 4.40. The van der Waals surface area contributed by atoms with Crippen LogP contribution in [0.15, 0.2) is 0 Å². The molecule has 0 aliphatic carbocycles. The van der Waals surface area contributed by atoms with E-state index in [4.69, 9.17) is 5.11 Å². The Kier molecular flexibility index (Phi) is 3.93. The van der Waals surface area contributed by atoms with Crippen LogP contribution in [0, 0.1) is 5.41 Å². The summed E-state index contributed by atoms with van der Waals surface area (Å²) in [6.07, 6.45) is 1.70. The van der Waals surface area contributed by atoms with Crippen molar-refractivity contribution in [2.24, 2.45) is 5.41 Å². The first-order chi connectivity index (χ1) is 4.98. The van der Waals surface area contributed by atoms with E-state index in [0.717, 1.165) is 12.8 Å². The summed E-state index contributed by atoms with van der Waals surface area (Å²) in [6.45, 7) is 5.95. The van der Waals surface area contributed by atoms with E-state index in [2.05, 4.69) is 12.6 Å². The molecule has 0 heterocycles. The third kappa shape index (κ3) is 2.40. The van der Waals surface area contributed by atoms with Gasteiger partial charge in [-0.15, -0.1) is 0 Å². The van der Waals surface area contributed by atoms with Gasteiger partial charge in [-0.25, -0.2) is 0 Å². The van der Waals surface area contributed by atoms with Gasteiger partial charge in [0.15, 0.2) is 0 Å². The molecule has 0 aromatic rings. The number of thiol groups is 1. The second kappa shape index (κ2) is 4.00. The fraction of sp³-hybridized carbons (Fsp3) is 0.875. The normalized spacial score (nSPS) is 14.5. The van der Waals surface area contributed by atoms with Crippen LogP contribution >= 0.6 is 12.6 Å². The zero-order chi connectivity index (χ0) is 9.07. The molecule has 0 bridgehead atoms. The molecule has 0 aromatic carbocycles. The molecular weight excluding hydrogens is 160 g/mol. The van der Waals surface area contributed by atoms with Crippen molar-refractivity contribution in [1.29, 1.82) is 0 Å². The van der Waals surface area contributed by atoms with Crippen LogP contribution in [-0.4, -0.2) is 16.3 Å². The van der Waals surface area contributed by atoms with Gasteiger partial charge in [0.05, 0.1) is 0 Å². The highest BCUT2D eigenvalue weighted by molar-refractivity contribution is 7.81. The lowest BCUT2D eigenvalue weighted by Gasteiger charge is -2.29. The quantitative estimate of drug-likeness (QED) is 0.644. The van der Waals surface area contributed by atoms with Gasteiger partial charge in [0, 0.05) is 0 Å². The largest absolute Gasteiger partial charge is 0.480 e. The molecule has 0 aliphatic heterocycles. The Morgan fingerprint density at radius 2 is 1.91 bits per heavy atom. The molecule has 11 heavy (non-hydrogen) atoms. The van der Waals surface area contributed by atoms with Crippen LogP contribution in [0.5, 0.6) is 0 Å². The van der Waals surface area contributed by atoms with E-state index in [1.54, 1.807) is 0 Å². The van der Waals surface area contributed by atoms with Crippen molar-refractivity contribution < 1.29 is 9.90 Å². The van der Waals surface area contributed by atoms with Gasteiger partial charge in [-0.3, -0.25) is 4.79 Å². The summed E-state index contributed by atoms with van der Waals surface area (Å²) in [4.78, 5) is 10.6. The van der Waals surface area contributed by atoms with Gasteiger partial charge in [-0.2, -0.15) is 12.6 Å². The number of aliphatic carboxylic acids is 1. The Morgan fingerprint density at radius 1 is 1.55 bits per heavy atom. The van der Waals surface area contributed by atoms with Crippen LogP contribution in [0.4, 0.5) is 0 Å². The van der Waals surface area contributed by atoms with Crippen molar-refractivity contribution in [3.05, 3.63) is 0 Å². The van der Waals surface area contributed by atoms with E-state index in [1.807, 2.05) is 20.8 Å². The Labute approximate surface area is 73.4 Å². The van der Waals surface area contributed by atoms with E-state index >= 15 is 0 Å². The molecule has 0 spiro atoms. The molecule has 0 saturated heterocycles. The molecule has 1 N–H and O–H groups in total. The standard InChI is InChI=1S/C8H16O2S/c1-4-8(3,5-2)6(11)7(9)10/h6,11H,4-5H2,1-3H3,(H,9,10). The molecule has 0 radical (unpaired) electrons. The Hall–Kier alpha value is -0.180. The maximum atomic E-state index is 10.6. The van der Waals surface area contributed by atoms with Gasteiger partial charge in [-0.05, 0) is 18.3 Å². The van der Waals surface area contributed by atoms with E-state index in [9.17, 15) is 4.79 Å². The number of hydrogen-bond acceptors (Lipinski definition) is 2. The molecule has 1 atom stereocenters. The first-order valence-electron chi connectivity index (χ1n) is 3.88. The third-order valence-electron chi connectivity index (χ3n) is 2.51. The van der Waals surface area contributed by atoms with E-state index in [-0.39, 0.29) is 5.41 Å². The molecule has 0 aliphatic rings. The van der Waals surface area contributed by atoms with Crippen molar-refractivity contribution in [3.63, 3.8) is 0 Å².